The summed E-state index contributed by atoms with van der Waals surface area (Å²) in [6.07, 6.45) is 5.42. The molecular formula is C22H26N4O3. The van der Waals surface area contributed by atoms with Gasteiger partial charge in [0.15, 0.2) is 17.3 Å². The molecule has 0 unspecified atom stereocenters. The molecule has 1 aromatic heterocycles. The zero-order valence-corrected chi connectivity index (χ0v) is 16.7. The van der Waals surface area contributed by atoms with Gasteiger partial charge in [-0.25, -0.2) is 9.97 Å². The Morgan fingerprint density at radius 3 is 3.17 bits per heavy atom. The van der Waals surface area contributed by atoms with Crippen LogP contribution in [0.4, 0.5) is 0 Å². The van der Waals surface area contributed by atoms with Crippen molar-refractivity contribution in [3.05, 3.63) is 47.0 Å². The summed E-state index contributed by atoms with van der Waals surface area (Å²) in [4.78, 5) is 24.8. The van der Waals surface area contributed by atoms with Crippen LogP contribution in [0.25, 0.3) is 0 Å². The number of benzene rings is 1. The first kappa shape index (κ1) is 18.4. The third kappa shape index (κ3) is 3.33. The number of carbonyl (C=O) groups is 1. The maximum absolute atomic E-state index is 13.4. The number of nitrogens with one attached hydrogen (secondary N) is 1. The maximum atomic E-state index is 13.4. The van der Waals surface area contributed by atoms with Crippen molar-refractivity contribution in [3.8, 4) is 11.5 Å². The van der Waals surface area contributed by atoms with Gasteiger partial charge in [-0.15, -0.1) is 0 Å². The molecule has 3 aliphatic rings. The number of amides is 1. The molecule has 1 aromatic carbocycles. The fourth-order valence-electron chi connectivity index (χ4n) is 4.66. The van der Waals surface area contributed by atoms with Crippen molar-refractivity contribution in [2.45, 2.75) is 38.3 Å². The van der Waals surface area contributed by atoms with Crippen LogP contribution in [-0.2, 0) is 24.2 Å². The summed E-state index contributed by atoms with van der Waals surface area (Å²) in [6, 6.07) is 5.82. The molecule has 7 heteroatoms. The highest BCUT2D eigenvalue weighted by Gasteiger charge is 2.38. The standard InChI is InChI=1S/C22H26N4O3/c1-28-19-6-2-4-14-10-15(13-29-20(14)19)22(27)26-9-3-5-18(26)21-24-12-16-11-23-8-7-17(16)25-21/h2,4,6,12,15,18,23H,3,5,7-11,13H2,1H3/t15-,18-/m1/s1. The molecule has 29 heavy (non-hydrogen) atoms. The number of hydrogen-bond acceptors (Lipinski definition) is 6. The van der Waals surface area contributed by atoms with Gasteiger partial charge in [0.2, 0.25) is 5.91 Å². The smallest absolute Gasteiger partial charge is 0.230 e. The van der Waals surface area contributed by atoms with Crippen LogP contribution in [0.5, 0.6) is 11.5 Å². The number of nitrogens with zero attached hydrogens (tertiary/aromatic N) is 3. The van der Waals surface area contributed by atoms with E-state index in [1.165, 1.54) is 5.56 Å². The van der Waals surface area contributed by atoms with Crippen LogP contribution in [-0.4, -0.2) is 47.6 Å². The van der Waals surface area contributed by atoms with Crippen LogP contribution in [0.1, 0.15) is 41.5 Å². The first-order chi connectivity index (χ1) is 14.2. The molecule has 1 saturated heterocycles. The average Bonchev–Trinajstić information content (AvgIpc) is 3.27. The number of rotatable bonds is 3. The number of carbonyl (C=O) groups excluding carboxylic acids is 1. The number of likely N-dealkylation sites (tertiary alicyclic amines) is 1. The van der Waals surface area contributed by atoms with E-state index in [4.69, 9.17) is 14.5 Å². The van der Waals surface area contributed by atoms with Crippen LogP contribution in [0.2, 0.25) is 0 Å². The molecule has 5 rings (SSSR count). The lowest BCUT2D eigenvalue weighted by molar-refractivity contribution is -0.138. The van der Waals surface area contributed by atoms with Crippen molar-refractivity contribution in [3.63, 3.8) is 0 Å². The first-order valence-corrected chi connectivity index (χ1v) is 10.4. The number of para-hydroxylation sites is 1. The Hall–Kier alpha value is -2.67. The average molecular weight is 394 g/mol. The maximum Gasteiger partial charge on any atom is 0.230 e. The molecule has 0 saturated carbocycles. The summed E-state index contributed by atoms with van der Waals surface area (Å²) in [5, 5.41) is 3.35. The minimum absolute atomic E-state index is 0.0330. The Bertz CT molecular complexity index is 932. The van der Waals surface area contributed by atoms with Crippen LogP contribution < -0.4 is 14.8 Å². The Balaban J connectivity index is 1.35. The lowest BCUT2D eigenvalue weighted by atomic mass is 9.95. The van der Waals surface area contributed by atoms with E-state index in [9.17, 15) is 4.79 Å². The first-order valence-electron chi connectivity index (χ1n) is 10.4. The molecule has 1 fully saturated rings. The summed E-state index contributed by atoms with van der Waals surface area (Å²) < 4.78 is 11.3. The van der Waals surface area contributed by atoms with E-state index < -0.39 is 0 Å². The van der Waals surface area contributed by atoms with E-state index in [1.54, 1.807) is 7.11 Å². The monoisotopic (exact) mass is 394 g/mol. The van der Waals surface area contributed by atoms with E-state index >= 15 is 0 Å². The minimum Gasteiger partial charge on any atom is -0.493 e. The minimum atomic E-state index is -0.183. The summed E-state index contributed by atoms with van der Waals surface area (Å²) in [6.45, 7) is 2.91. The van der Waals surface area contributed by atoms with Gasteiger partial charge < -0.3 is 19.7 Å². The second-order valence-electron chi connectivity index (χ2n) is 7.98. The van der Waals surface area contributed by atoms with Gasteiger partial charge >= 0.3 is 0 Å². The number of aromatic nitrogens is 2. The molecular weight excluding hydrogens is 368 g/mol. The van der Waals surface area contributed by atoms with Crippen LogP contribution in [0.3, 0.4) is 0 Å². The Morgan fingerprint density at radius 1 is 1.34 bits per heavy atom. The van der Waals surface area contributed by atoms with Gasteiger partial charge in [-0.1, -0.05) is 12.1 Å². The van der Waals surface area contributed by atoms with E-state index in [0.717, 1.165) is 67.5 Å². The van der Waals surface area contributed by atoms with Crippen molar-refractivity contribution >= 4 is 5.91 Å². The predicted octanol–water partition coefficient (Wildman–Crippen LogP) is 2.05. The van der Waals surface area contributed by atoms with Gasteiger partial charge in [-0.2, -0.15) is 0 Å². The SMILES string of the molecule is COc1cccc2c1OC[C@H](C(=O)N1CCC[C@@H]1c1ncc3c(n1)CCNC3)C2. The zero-order valence-electron chi connectivity index (χ0n) is 16.7. The Morgan fingerprint density at radius 2 is 2.28 bits per heavy atom. The molecule has 0 bridgehead atoms. The van der Waals surface area contributed by atoms with Gasteiger partial charge in [-0.05, 0) is 30.9 Å². The zero-order chi connectivity index (χ0) is 19.8. The van der Waals surface area contributed by atoms with Crippen molar-refractivity contribution in [1.29, 1.82) is 0 Å². The van der Waals surface area contributed by atoms with Crippen LogP contribution in [0.15, 0.2) is 24.4 Å². The normalized spacial score (nSPS) is 23.1. The van der Waals surface area contributed by atoms with Crippen molar-refractivity contribution in [2.75, 3.05) is 26.8 Å². The topological polar surface area (TPSA) is 76.6 Å². The fourth-order valence-corrected chi connectivity index (χ4v) is 4.66. The second kappa shape index (κ2) is 7.63. The highest BCUT2D eigenvalue weighted by atomic mass is 16.5. The van der Waals surface area contributed by atoms with Crippen molar-refractivity contribution in [2.24, 2.45) is 5.92 Å². The quantitative estimate of drug-likeness (QED) is 0.859. The van der Waals surface area contributed by atoms with Gasteiger partial charge in [0, 0.05) is 43.5 Å². The molecule has 1 N–H and O–H groups in total. The van der Waals surface area contributed by atoms with E-state index in [1.807, 2.05) is 29.3 Å². The Kier molecular flexibility index (Phi) is 4.83. The lowest BCUT2D eigenvalue weighted by Crippen LogP contribution is -2.41. The summed E-state index contributed by atoms with van der Waals surface area (Å²) in [5.74, 6) is 2.24. The predicted molar refractivity (Wildman–Crippen MR) is 107 cm³/mol. The summed E-state index contributed by atoms with van der Waals surface area (Å²) in [5.41, 5.74) is 3.32. The molecule has 3 aliphatic heterocycles. The molecule has 0 radical (unpaired) electrons. The van der Waals surface area contributed by atoms with E-state index in [0.29, 0.717) is 13.0 Å². The number of fused-ring (bicyclic) bond motifs is 2. The molecule has 1 amide bonds. The number of hydrogen-bond donors (Lipinski definition) is 1. The van der Waals surface area contributed by atoms with Gasteiger partial charge in [0.1, 0.15) is 6.61 Å². The van der Waals surface area contributed by atoms with Gasteiger partial charge in [0.25, 0.3) is 0 Å². The molecule has 152 valence electrons. The van der Waals surface area contributed by atoms with Crippen molar-refractivity contribution < 1.29 is 14.3 Å². The van der Waals surface area contributed by atoms with Crippen LogP contribution in [0, 0.1) is 5.92 Å². The summed E-state index contributed by atoms with van der Waals surface area (Å²) >= 11 is 0. The van der Waals surface area contributed by atoms with Gasteiger partial charge in [-0.3, -0.25) is 4.79 Å². The largest absolute Gasteiger partial charge is 0.493 e. The highest BCUT2D eigenvalue weighted by Crippen LogP contribution is 2.38. The third-order valence-electron chi connectivity index (χ3n) is 6.19. The van der Waals surface area contributed by atoms with E-state index in [2.05, 4.69) is 10.3 Å². The fraction of sp³-hybridized carbons (Fsp3) is 0.500. The summed E-state index contributed by atoms with van der Waals surface area (Å²) in [7, 11) is 1.64. The number of methoxy groups -OCH3 is 1. The van der Waals surface area contributed by atoms with E-state index in [-0.39, 0.29) is 17.9 Å². The molecule has 7 nitrogen and oxygen atoms in total. The Labute approximate surface area is 170 Å². The van der Waals surface area contributed by atoms with Gasteiger partial charge in [0.05, 0.1) is 19.1 Å². The molecule has 4 heterocycles. The molecule has 0 aliphatic carbocycles. The third-order valence-corrected chi connectivity index (χ3v) is 6.19. The molecule has 2 aromatic rings. The van der Waals surface area contributed by atoms with Crippen LogP contribution >= 0.6 is 0 Å². The lowest BCUT2D eigenvalue weighted by Gasteiger charge is -2.31. The highest BCUT2D eigenvalue weighted by molar-refractivity contribution is 5.80. The number of ether oxygens (including phenoxy) is 2. The molecule has 0 spiro atoms. The second-order valence-corrected chi connectivity index (χ2v) is 7.98. The van der Waals surface area contributed by atoms with Crippen molar-refractivity contribution in [1.82, 2.24) is 20.2 Å². The molecule has 2 atom stereocenters.